The molecule has 2 rings (SSSR count). The second kappa shape index (κ2) is 5.21. The third-order valence-corrected chi connectivity index (χ3v) is 4.24. The van der Waals surface area contributed by atoms with Gasteiger partial charge in [-0.1, -0.05) is 0 Å². The first-order valence-electron chi connectivity index (χ1n) is 6.05. The van der Waals surface area contributed by atoms with Gasteiger partial charge in [-0.3, -0.25) is 9.59 Å². The number of likely N-dealkylation sites (tertiary alicyclic amines) is 1. The van der Waals surface area contributed by atoms with Crippen LogP contribution in [0.4, 0.5) is 0 Å². The van der Waals surface area contributed by atoms with Crippen LogP contribution in [0.2, 0.25) is 0 Å². The molecule has 3 nitrogen and oxygen atoms in total. The molecule has 4 heteroatoms. The minimum Gasteiger partial charge on any atom is -0.338 e. The highest BCUT2D eigenvalue weighted by Gasteiger charge is 2.39. The third-order valence-electron chi connectivity index (χ3n) is 3.70. The van der Waals surface area contributed by atoms with E-state index < -0.39 is 0 Å². The Labute approximate surface area is 101 Å². The Hall–Kier alpha value is -0.510. The van der Waals surface area contributed by atoms with E-state index in [0.717, 1.165) is 38.6 Å². The van der Waals surface area contributed by atoms with Crippen LogP contribution in [0.25, 0.3) is 0 Å². The van der Waals surface area contributed by atoms with Crippen molar-refractivity contribution in [1.29, 1.82) is 0 Å². The van der Waals surface area contributed by atoms with Crippen molar-refractivity contribution in [3.8, 4) is 0 Å². The summed E-state index contributed by atoms with van der Waals surface area (Å²) < 4.78 is 0. The zero-order chi connectivity index (χ0) is 11.5. The Morgan fingerprint density at radius 2 is 2.25 bits per heavy atom. The summed E-state index contributed by atoms with van der Waals surface area (Å²) >= 11 is 1.57. The molecule has 16 heavy (non-hydrogen) atoms. The molecular formula is C12H19NO2S. The van der Waals surface area contributed by atoms with Gasteiger partial charge in [-0.25, -0.2) is 0 Å². The maximum Gasteiger partial charge on any atom is 0.232 e. The van der Waals surface area contributed by atoms with Gasteiger partial charge in [0.1, 0.15) is 5.78 Å². The van der Waals surface area contributed by atoms with Crippen molar-refractivity contribution in [3.63, 3.8) is 0 Å². The summed E-state index contributed by atoms with van der Waals surface area (Å²) in [6.07, 6.45) is 6.78. The highest BCUT2D eigenvalue weighted by molar-refractivity contribution is 7.99. The molecule has 1 heterocycles. The van der Waals surface area contributed by atoms with Crippen LogP contribution in [0.5, 0.6) is 0 Å². The molecule has 1 saturated carbocycles. The Kier molecular flexibility index (Phi) is 3.90. The first kappa shape index (κ1) is 12.0. The monoisotopic (exact) mass is 241 g/mol. The Balaban J connectivity index is 2.02. The summed E-state index contributed by atoms with van der Waals surface area (Å²) in [5, 5.41) is 0. The fourth-order valence-corrected chi connectivity index (χ4v) is 3.39. The summed E-state index contributed by atoms with van der Waals surface area (Å²) in [6.45, 7) is 0.855. The lowest BCUT2D eigenvalue weighted by Gasteiger charge is -2.28. The first-order chi connectivity index (χ1) is 7.74. The second-order valence-electron chi connectivity index (χ2n) is 4.69. The van der Waals surface area contributed by atoms with E-state index in [1.165, 1.54) is 0 Å². The molecule has 2 aliphatic rings. The van der Waals surface area contributed by atoms with Gasteiger partial charge >= 0.3 is 0 Å². The Morgan fingerprint density at radius 3 is 2.88 bits per heavy atom. The average molecular weight is 241 g/mol. The number of nitrogens with zero attached hydrogens (tertiary/aromatic N) is 1. The predicted molar refractivity (Wildman–Crippen MR) is 65.5 cm³/mol. The van der Waals surface area contributed by atoms with Crippen molar-refractivity contribution < 1.29 is 9.59 Å². The largest absolute Gasteiger partial charge is 0.338 e. The number of amides is 1. The molecule has 1 aliphatic carbocycles. The molecule has 0 spiro atoms. The molecule has 2 fully saturated rings. The number of hydrogen-bond donors (Lipinski definition) is 0. The van der Waals surface area contributed by atoms with Crippen molar-refractivity contribution in [2.75, 3.05) is 18.6 Å². The molecule has 1 aliphatic heterocycles. The number of carbonyl (C=O) groups excluding carboxylic acids is 2. The van der Waals surface area contributed by atoms with Gasteiger partial charge in [0.15, 0.2) is 0 Å². The summed E-state index contributed by atoms with van der Waals surface area (Å²) in [5.74, 6) is 1.30. The van der Waals surface area contributed by atoms with E-state index in [-0.39, 0.29) is 17.9 Å². The average Bonchev–Trinajstić information content (AvgIpc) is 2.85. The Morgan fingerprint density at radius 1 is 1.44 bits per heavy atom. The van der Waals surface area contributed by atoms with E-state index in [0.29, 0.717) is 11.5 Å². The lowest BCUT2D eigenvalue weighted by atomic mass is 9.95. The van der Waals surface area contributed by atoms with Crippen LogP contribution in [0.15, 0.2) is 0 Å². The summed E-state index contributed by atoms with van der Waals surface area (Å²) in [5.41, 5.74) is 0. The SMILES string of the molecule is CSCC(=O)N1CCCC1C1CCCC1=O. The van der Waals surface area contributed by atoms with Gasteiger partial charge in [-0.15, -0.1) is 0 Å². The summed E-state index contributed by atoms with van der Waals surface area (Å²) in [7, 11) is 0. The molecule has 90 valence electrons. The predicted octanol–water partition coefficient (Wildman–Crippen LogP) is 1.71. The zero-order valence-corrected chi connectivity index (χ0v) is 10.6. The standard InChI is InChI=1S/C12H19NO2S/c1-16-8-12(15)13-7-3-5-10(13)9-4-2-6-11(9)14/h9-10H,2-8H2,1H3. The highest BCUT2D eigenvalue weighted by atomic mass is 32.2. The van der Waals surface area contributed by atoms with Crippen LogP contribution in [-0.2, 0) is 9.59 Å². The third kappa shape index (κ3) is 2.26. The molecule has 2 unspecified atom stereocenters. The quantitative estimate of drug-likeness (QED) is 0.755. The topological polar surface area (TPSA) is 37.4 Å². The second-order valence-corrected chi connectivity index (χ2v) is 5.56. The van der Waals surface area contributed by atoms with E-state index in [1.54, 1.807) is 11.8 Å². The van der Waals surface area contributed by atoms with E-state index in [1.807, 2.05) is 11.2 Å². The fraction of sp³-hybridized carbons (Fsp3) is 0.833. The van der Waals surface area contributed by atoms with Crippen molar-refractivity contribution in [2.45, 2.75) is 38.1 Å². The van der Waals surface area contributed by atoms with Gasteiger partial charge in [-0.2, -0.15) is 11.8 Å². The Bertz CT molecular complexity index is 293. The molecular weight excluding hydrogens is 222 g/mol. The highest BCUT2D eigenvalue weighted by Crippen LogP contribution is 2.33. The van der Waals surface area contributed by atoms with Crippen LogP contribution >= 0.6 is 11.8 Å². The number of carbonyl (C=O) groups is 2. The maximum atomic E-state index is 11.9. The molecule has 1 amide bonds. The van der Waals surface area contributed by atoms with Crippen molar-refractivity contribution >= 4 is 23.5 Å². The normalized spacial score (nSPS) is 30.1. The van der Waals surface area contributed by atoms with E-state index >= 15 is 0 Å². The van der Waals surface area contributed by atoms with Gasteiger partial charge in [0.05, 0.1) is 5.75 Å². The minimum atomic E-state index is 0.147. The number of ketones is 1. The van der Waals surface area contributed by atoms with Crippen LogP contribution in [0, 0.1) is 5.92 Å². The number of rotatable bonds is 3. The molecule has 0 aromatic heterocycles. The van der Waals surface area contributed by atoms with Crippen LogP contribution in [0.1, 0.15) is 32.1 Å². The zero-order valence-electron chi connectivity index (χ0n) is 9.78. The van der Waals surface area contributed by atoms with Gasteiger partial charge in [0.2, 0.25) is 5.91 Å². The molecule has 0 bridgehead atoms. The molecule has 0 N–H and O–H groups in total. The van der Waals surface area contributed by atoms with Crippen LogP contribution in [-0.4, -0.2) is 41.2 Å². The molecule has 0 aromatic rings. The number of hydrogen-bond acceptors (Lipinski definition) is 3. The molecule has 1 saturated heterocycles. The molecule has 2 atom stereocenters. The lowest BCUT2D eigenvalue weighted by Crippen LogP contribution is -2.42. The van der Waals surface area contributed by atoms with Gasteiger partial charge in [-0.05, 0) is 31.9 Å². The van der Waals surface area contributed by atoms with Gasteiger partial charge in [0.25, 0.3) is 0 Å². The van der Waals surface area contributed by atoms with Gasteiger partial charge in [0, 0.05) is 24.9 Å². The first-order valence-corrected chi connectivity index (χ1v) is 7.44. The summed E-state index contributed by atoms with van der Waals surface area (Å²) in [6, 6.07) is 0.217. The van der Waals surface area contributed by atoms with Gasteiger partial charge < -0.3 is 4.90 Å². The maximum absolute atomic E-state index is 11.9. The van der Waals surface area contributed by atoms with Crippen molar-refractivity contribution in [1.82, 2.24) is 4.90 Å². The van der Waals surface area contributed by atoms with E-state index in [9.17, 15) is 9.59 Å². The van der Waals surface area contributed by atoms with Crippen LogP contribution < -0.4 is 0 Å². The van der Waals surface area contributed by atoms with Crippen molar-refractivity contribution in [3.05, 3.63) is 0 Å². The number of thioether (sulfide) groups is 1. The van der Waals surface area contributed by atoms with E-state index in [4.69, 9.17) is 0 Å². The fourth-order valence-electron chi connectivity index (χ4n) is 2.98. The van der Waals surface area contributed by atoms with Crippen molar-refractivity contribution in [2.24, 2.45) is 5.92 Å². The van der Waals surface area contributed by atoms with Crippen LogP contribution in [0.3, 0.4) is 0 Å². The minimum absolute atomic E-state index is 0.147. The lowest BCUT2D eigenvalue weighted by molar-refractivity contribution is -0.131. The molecule has 0 radical (unpaired) electrons. The number of Topliss-reactive ketones (excluding diaryl/α,β-unsaturated/α-hetero) is 1. The molecule has 0 aromatic carbocycles. The summed E-state index contributed by atoms with van der Waals surface area (Å²) in [4.78, 5) is 25.6. The van der Waals surface area contributed by atoms with E-state index in [2.05, 4.69) is 0 Å². The smallest absolute Gasteiger partial charge is 0.232 e.